The molecule has 2 rings (SSSR count). The zero-order valence-electron chi connectivity index (χ0n) is 12.9. The molecule has 114 valence electrons. The molecule has 0 amide bonds. The fourth-order valence-electron chi connectivity index (χ4n) is 2.73. The Morgan fingerprint density at radius 3 is 2.67 bits per heavy atom. The summed E-state index contributed by atoms with van der Waals surface area (Å²) in [5.41, 5.74) is 4.24. The van der Waals surface area contributed by atoms with Crippen molar-refractivity contribution in [1.82, 2.24) is 15.1 Å². The number of nitrogens with one attached hydrogen (secondary N) is 1. The molecule has 0 bridgehead atoms. The van der Waals surface area contributed by atoms with E-state index in [4.69, 9.17) is 11.6 Å². The summed E-state index contributed by atoms with van der Waals surface area (Å²) in [4.78, 5) is 0. The topological polar surface area (TPSA) is 29.9 Å². The molecule has 1 heterocycles. The Morgan fingerprint density at radius 2 is 2.10 bits per heavy atom. The number of aromatic nitrogens is 2. The van der Waals surface area contributed by atoms with Crippen LogP contribution >= 0.6 is 11.6 Å². The first-order chi connectivity index (χ1) is 9.97. The second kappa shape index (κ2) is 6.58. The fraction of sp³-hybridized carbons (Fsp3) is 0.438. The van der Waals surface area contributed by atoms with Gasteiger partial charge in [-0.1, -0.05) is 24.6 Å². The number of benzene rings is 1. The smallest absolute Gasteiger partial charge is 0.124 e. The summed E-state index contributed by atoms with van der Waals surface area (Å²) in [6, 6.07) is 4.77. The van der Waals surface area contributed by atoms with Crippen LogP contribution < -0.4 is 5.32 Å². The van der Waals surface area contributed by atoms with Gasteiger partial charge in [0.15, 0.2) is 0 Å². The van der Waals surface area contributed by atoms with Crippen LogP contribution in [0.15, 0.2) is 18.2 Å². The van der Waals surface area contributed by atoms with Crippen molar-refractivity contribution in [3.8, 4) is 0 Å². The maximum absolute atomic E-state index is 13.1. The Bertz CT molecular complexity index is 633. The van der Waals surface area contributed by atoms with Crippen molar-refractivity contribution in [3.05, 3.63) is 51.6 Å². The van der Waals surface area contributed by atoms with Gasteiger partial charge in [0.1, 0.15) is 5.82 Å². The van der Waals surface area contributed by atoms with Gasteiger partial charge in [0.05, 0.1) is 12.2 Å². The van der Waals surface area contributed by atoms with E-state index in [1.165, 1.54) is 17.7 Å². The number of nitrogens with zero attached hydrogens (tertiary/aromatic N) is 2. The van der Waals surface area contributed by atoms with Gasteiger partial charge in [0.2, 0.25) is 0 Å². The van der Waals surface area contributed by atoms with Gasteiger partial charge in [-0.05, 0) is 45.0 Å². The summed E-state index contributed by atoms with van der Waals surface area (Å²) in [6.07, 6.45) is 1.00. The number of rotatable bonds is 5. The van der Waals surface area contributed by atoms with Crippen LogP contribution in [-0.2, 0) is 6.54 Å². The van der Waals surface area contributed by atoms with Gasteiger partial charge < -0.3 is 5.32 Å². The molecule has 0 radical (unpaired) electrons. The summed E-state index contributed by atoms with van der Waals surface area (Å²) in [5, 5.41) is 8.36. The molecule has 3 nitrogen and oxygen atoms in total. The normalized spacial score (nSPS) is 12.7. The monoisotopic (exact) mass is 309 g/mol. The lowest BCUT2D eigenvalue weighted by molar-refractivity contribution is 0.568. The first-order valence-corrected chi connectivity index (χ1v) is 7.50. The predicted octanol–water partition coefficient (Wildman–Crippen LogP) is 4.01. The van der Waals surface area contributed by atoms with E-state index in [2.05, 4.69) is 24.3 Å². The zero-order valence-corrected chi connectivity index (χ0v) is 13.6. The molecule has 0 saturated carbocycles. The van der Waals surface area contributed by atoms with Gasteiger partial charge in [-0.2, -0.15) is 5.10 Å². The second-order valence-corrected chi connectivity index (χ2v) is 5.63. The molecule has 1 atom stereocenters. The number of hydrogen-bond acceptors (Lipinski definition) is 2. The van der Waals surface area contributed by atoms with Gasteiger partial charge in [0.25, 0.3) is 0 Å². The van der Waals surface area contributed by atoms with Crippen LogP contribution in [0.4, 0.5) is 4.39 Å². The lowest BCUT2D eigenvalue weighted by atomic mass is 10.0. The molecule has 0 aliphatic carbocycles. The van der Waals surface area contributed by atoms with Crippen LogP contribution in [0.1, 0.15) is 41.9 Å². The SMILES string of the molecule is CCC(NC)c1c(C)nn(Cc2ccc(F)cc2Cl)c1C. The summed E-state index contributed by atoms with van der Waals surface area (Å²) in [5.74, 6) is -0.320. The van der Waals surface area contributed by atoms with E-state index >= 15 is 0 Å². The first-order valence-electron chi connectivity index (χ1n) is 7.13. The molecule has 0 aliphatic heterocycles. The van der Waals surface area contributed by atoms with E-state index in [-0.39, 0.29) is 5.82 Å². The molecule has 2 aromatic rings. The second-order valence-electron chi connectivity index (χ2n) is 5.23. The molecule has 1 N–H and O–H groups in total. The van der Waals surface area contributed by atoms with Crippen LogP contribution in [0.5, 0.6) is 0 Å². The molecule has 5 heteroatoms. The maximum Gasteiger partial charge on any atom is 0.124 e. The zero-order chi connectivity index (χ0) is 15.6. The molecule has 0 aliphatic rings. The highest BCUT2D eigenvalue weighted by Crippen LogP contribution is 2.25. The van der Waals surface area contributed by atoms with Crippen molar-refractivity contribution in [3.63, 3.8) is 0 Å². The Morgan fingerprint density at radius 1 is 1.38 bits per heavy atom. The Kier molecular flexibility index (Phi) is 5.01. The average Bonchev–Trinajstić information content (AvgIpc) is 2.71. The highest BCUT2D eigenvalue weighted by molar-refractivity contribution is 6.31. The third-order valence-electron chi connectivity index (χ3n) is 3.88. The molecule has 1 aromatic heterocycles. The summed E-state index contributed by atoms with van der Waals surface area (Å²) < 4.78 is 15.1. The quantitative estimate of drug-likeness (QED) is 0.904. The van der Waals surface area contributed by atoms with Crippen LogP contribution in [0.2, 0.25) is 5.02 Å². The Hall–Kier alpha value is -1.39. The van der Waals surface area contributed by atoms with E-state index in [9.17, 15) is 4.39 Å². The number of halogens is 2. The van der Waals surface area contributed by atoms with E-state index in [1.54, 1.807) is 6.07 Å². The van der Waals surface area contributed by atoms with Gasteiger partial charge >= 0.3 is 0 Å². The molecule has 0 saturated heterocycles. The van der Waals surface area contributed by atoms with Crippen molar-refractivity contribution < 1.29 is 4.39 Å². The van der Waals surface area contributed by atoms with Crippen LogP contribution in [0, 0.1) is 19.7 Å². The minimum Gasteiger partial charge on any atom is -0.313 e. The van der Waals surface area contributed by atoms with Gasteiger partial charge in [-0.25, -0.2) is 4.39 Å². The summed E-state index contributed by atoms with van der Waals surface area (Å²) >= 11 is 6.10. The Labute approximate surface area is 130 Å². The van der Waals surface area contributed by atoms with Gasteiger partial charge in [-0.3, -0.25) is 4.68 Å². The van der Waals surface area contributed by atoms with Crippen molar-refractivity contribution in [2.24, 2.45) is 0 Å². The van der Waals surface area contributed by atoms with Crippen molar-refractivity contribution in [2.45, 2.75) is 39.8 Å². The highest BCUT2D eigenvalue weighted by Gasteiger charge is 2.18. The van der Waals surface area contributed by atoms with E-state index < -0.39 is 0 Å². The molecular formula is C16H21ClFN3. The molecule has 0 spiro atoms. The molecule has 1 unspecified atom stereocenters. The van der Waals surface area contributed by atoms with Crippen LogP contribution in [-0.4, -0.2) is 16.8 Å². The number of aryl methyl sites for hydroxylation is 1. The predicted molar refractivity (Wildman–Crippen MR) is 84.3 cm³/mol. The lowest BCUT2D eigenvalue weighted by Gasteiger charge is -2.15. The largest absolute Gasteiger partial charge is 0.313 e. The minimum absolute atomic E-state index is 0.294. The average molecular weight is 310 g/mol. The fourth-order valence-corrected chi connectivity index (χ4v) is 2.96. The Balaban J connectivity index is 2.35. The van der Waals surface area contributed by atoms with Crippen molar-refractivity contribution in [1.29, 1.82) is 0 Å². The maximum atomic E-state index is 13.1. The third kappa shape index (κ3) is 3.27. The van der Waals surface area contributed by atoms with Crippen LogP contribution in [0.3, 0.4) is 0 Å². The van der Waals surface area contributed by atoms with E-state index in [1.807, 2.05) is 18.7 Å². The highest BCUT2D eigenvalue weighted by atomic mass is 35.5. The third-order valence-corrected chi connectivity index (χ3v) is 4.23. The van der Waals surface area contributed by atoms with Gasteiger partial charge in [0, 0.05) is 22.3 Å². The van der Waals surface area contributed by atoms with Gasteiger partial charge in [-0.15, -0.1) is 0 Å². The molecular weight excluding hydrogens is 289 g/mol. The molecule has 21 heavy (non-hydrogen) atoms. The lowest BCUT2D eigenvalue weighted by Crippen LogP contribution is -2.17. The first kappa shape index (κ1) is 16.0. The number of hydrogen-bond donors (Lipinski definition) is 1. The minimum atomic E-state index is -0.320. The van der Waals surface area contributed by atoms with Crippen LogP contribution in [0.25, 0.3) is 0 Å². The van der Waals surface area contributed by atoms with Crippen molar-refractivity contribution in [2.75, 3.05) is 7.05 Å². The molecule has 0 fully saturated rings. The summed E-state index contributed by atoms with van der Waals surface area (Å²) in [7, 11) is 1.96. The van der Waals surface area contributed by atoms with E-state index in [0.29, 0.717) is 17.6 Å². The summed E-state index contributed by atoms with van der Waals surface area (Å²) in [6.45, 7) is 6.78. The molecule has 1 aromatic carbocycles. The van der Waals surface area contributed by atoms with Crippen molar-refractivity contribution >= 4 is 11.6 Å². The van der Waals surface area contributed by atoms with E-state index in [0.717, 1.165) is 23.4 Å². The standard InChI is InChI=1S/C16H21ClFN3/c1-5-15(19-4)16-10(2)20-21(11(16)3)9-12-6-7-13(18)8-14(12)17/h6-8,15,19H,5,9H2,1-4H3.